The van der Waals surface area contributed by atoms with Gasteiger partial charge in [0.1, 0.15) is 0 Å². The molecule has 1 amide bonds. The molecular weight excluding hydrogens is 348 g/mol. The summed E-state index contributed by atoms with van der Waals surface area (Å²) < 4.78 is 1.08. The van der Waals surface area contributed by atoms with Gasteiger partial charge in [0.05, 0.1) is 5.75 Å². The molecule has 0 spiro atoms. The van der Waals surface area contributed by atoms with E-state index in [9.17, 15) is 4.79 Å². The fraction of sp³-hybridized carbons (Fsp3) is 0.562. The van der Waals surface area contributed by atoms with E-state index in [1.165, 1.54) is 23.3 Å². The lowest BCUT2D eigenvalue weighted by Gasteiger charge is -2.22. The van der Waals surface area contributed by atoms with Gasteiger partial charge in [-0.05, 0) is 69.0 Å². The van der Waals surface area contributed by atoms with Gasteiger partial charge in [-0.15, -0.1) is 11.8 Å². The van der Waals surface area contributed by atoms with Crippen molar-refractivity contribution in [1.82, 2.24) is 10.6 Å². The van der Waals surface area contributed by atoms with Crippen molar-refractivity contribution in [3.63, 3.8) is 0 Å². The van der Waals surface area contributed by atoms with E-state index in [0.29, 0.717) is 5.75 Å². The van der Waals surface area contributed by atoms with E-state index >= 15 is 0 Å². The monoisotopic (exact) mass is 370 g/mol. The quantitative estimate of drug-likeness (QED) is 0.754. The van der Waals surface area contributed by atoms with Crippen LogP contribution in [0.4, 0.5) is 0 Å². The first-order valence-electron chi connectivity index (χ1n) is 7.51. The van der Waals surface area contributed by atoms with Crippen LogP contribution >= 0.6 is 27.7 Å². The van der Waals surface area contributed by atoms with Crippen molar-refractivity contribution >= 4 is 33.6 Å². The van der Waals surface area contributed by atoms with E-state index in [4.69, 9.17) is 0 Å². The average Bonchev–Trinajstić information content (AvgIpc) is 2.47. The highest BCUT2D eigenvalue weighted by Gasteiger charge is 2.13. The molecule has 0 aliphatic carbocycles. The van der Waals surface area contributed by atoms with Crippen LogP contribution in [0.15, 0.2) is 27.6 Å². The van der Waals surface area contributed by atoms with Gasteiger partial charge in [0.15, 0.2) is 0 Å². The highest BCUT2D eigenvalue weighted by atomic mass is 79.9. The van der Waals surface area contributed by atoms with E-state index < -0.39 is 0 Å². The number of aryl methyl sites for hydroxylation is 1. The number of nitrogens with one attached hydrogen (secondary N) is 2. The fourth-order valence-electron chi connectivity index (χ4n) is 2.56. The van der Waals surface area contributed by atoms with Gasteiger partial charge in [0.2, 0.25) is 5.91 Å². The summed E-state index contributed by atoms with van der Waals surface area (Å²) in [6.07, 6.45) is 3.63. The Morgan fingerprint density at radius 2 is 2.38 bits per heavy atom. The second-order valence-corrected chi connectivity index (χ2v) is 7.48. The molecule has 116 valence electrons. The molecule has 0 aromatic heterocycles. The Balaban J connectivity index is 1.65. The summed E-state index contributed by atoms with van der Waals surface area (Å²) in [6, 6.07) is 6.16. The number of thioether (sulfide) groups is 1. The molecule has 1 aromatic rings. The fourth-order valence-corrected chi connectivity index (χ4v) is 3.87. The molecule has 1 aliphatic heterocycles. The zero-order valence-corrected chi connectivity index (χ0v) is 14.9. The maximum Gasteiger partial charge on any atom is 0.230 e. The number of rotatable bonds is 6. The van der Waals surface area contributed by atoms with Gasteiger partial charge < -0.3 is 10.6 Å². The van der Waals surface area contributed by atoms with Crippen LogP contribution in [0.3, 0.4) is 0 Å². The van der Waals surface area contributed by atoms with Crippen molar-refractivity contribution < 1.29 is 4.79 Å². The Kier molecular flexibility index (Phi) is 7.07. The first kappa shape index (κ1) is 16.8. The van der Waals surface area contributed by atoms with Crippen LogP contribution in [0.1, 0.15) is 24.8 Å². The first-order chi connectivity index (χ1) is 10.1. The maximum absolute atomic E-state index is 11.9. The van der Waals surface area contributed by atoms with Crippen molar-refractivity contribution in [3.8, 4) is 0 Å². The molecule has 1 heterocycles. The smallest absolute Gasteiger partial charge is 0.230 e. The third-order valence-electron chi connectivity index (χ3n) is 3.77. The van der Waals surface area contributed by atoms with Gasteiger partial charge in [-0.3, -0.25) is 4.79 Å². The van der Waals surface area contributed by atoms with Crippen LogP contribution in [-0.2, 0) is 4.79 Å². The minimum Gasteiger partial charge on any atom is -0.355 e. The Morgan fingerprint density at radius 1 is 1.52 bits per heavy atom. The number of carbonyl (C=O) groups excluding carboxylic acids is 1. The number of halogens is 1. The highest BCUT2D eigenvalue weighted by molar-refractivity contribution is 9.10. The summed E-state index contributed by atoms with van der Waals surface area (Å²) in [5.41, 5.74) is 1.20. The number of benzene rings is 1. The van der Waals surface area contributed by atoms with Gasteiger partial charge in [-0.2, -0.15) is 0 Å². The molecule has 1 saturated heterocycles. The lowest BCUT2D eigenvalue weighted by Crippen LogP contribution is -2.33. The molecule has 1 atom stereocenters. The summed E-state index contributed by atoms with van der Waals surface area (Å²) in [4.78, 5) is 13.1. The molecule has 1 aliphatic rings. The molecule has 0 bridgehead atoms. The van der Waals surface area contributed by atoms with Crippen LogP contribution < -0.4 is 10.6 Å². The molecule has 1 aromatic carbocycles. The Morgan fingerprint density at radius 3 is 3.10 bits per heavy atom. The number of hydrogen-bond acceptors (Lipinski definition) is 3. The van der Waals surface area contributed by atoms with Crippen LogP contribution in [-0.4, -0.2) is 31.3 Å². The summed E-state index contributed by atoms with van der Waals surface area (Å²) in [7, 11) is 0. The SMILES string of the molecule is Cc1cc(Br)ccc1SCC(=O)NCCC1CCCNC1. The van der Waals surface area contributed by atoms with E-state index in [1.807, 2.05) is 6.07 Å². The number of piperidine rings is 1. The van der Waals surface area contributed by atoms with Gasteiger partial charge in [0, 0.05) is 15.9 Å². The lowest BCUT2D eigenvalue weighted by molar-refractivity contribution is -0.118. The first-order valence-corrected chi connectivity index (χ1v) is 9.29. The molecule has 1 fully saturated rings. The largest absolute Gasteiger partial charge is 0.355 e. The van der Waals surface area contributed by atoms with E-state index in [0.717, 1.165) is 36.4 Å². The molecule has 5 heteroatoms. The summed E-state index contributed by atoms with van der Waals surface area (Å²) in [5, 5.41) is 6.44. The van der Waals surface area contributed by atoms with E-state index in [2.05, 4.69) is 45.6 Å². The van der Waals surface area contributed by atoms with Crippen molar-refractivity contribution in [2.45, 2.75) is 31.1 Å². The van der Waals surface area contributed by atoms with Crippen LogP contribution in [0.25, 0.3) is 0 Å². The zero-order chi connectivity index (χ0) is 15.1. The predicted octanol–water partition coefficient (Wildman–Crippen LogP) is 3.36. The van der Waals surface area contributed by atoms with E-state index in [1.54, 1.807) is 11.8 Å². The van der Waals surface area contributed by atoms with Gasteiger partial charge in [0.25, 0.3) is 0 Å². The number of hydrogen-bond donors (Lipinski definition) is 2. The highest BCUT2D eigenvalue weighted by Crippen LogP contribution is 2.25. The van der Waals surface area contributed by atoms with Gasteiger partial charge in [-0.1, -0.05) is 15.9 Å². The molecule has 0 radical (unpaired) electrons. The van der Waals surface area contributed by atoms with Crippen LogP contribution in [0, 0.1) is 12.8 Å². The normalized spacial score (nSPS) is 18.5. The number of amides is 1. The Bertz CT molecular complexity index is 475. The second-order valence-electron chi connectivity index (χ2n) is 5.55. The lowest BCUT2D eigenvalue weighted by atomic mass is 9.96. The number of carbonyl (C=O) groups is 1. The van der Waals surface area contributed by atoms with Gasteiger partial charge >= 0.3 is 0 Å². The third-order valence-corrected chi connectivity index (χ3v) is 5.44. The Labute approximate surface area is 139 Å². The van der Waals surface area contributed by atoms with Crippen LogP contribution in [0.2, 0.25) is 0 Å². The molecule has 21 heavy (non-hydrogen) atoms. The summed E-state index contributed by atoms with van der Waals surface area (Å²) >= 11 is 5.06. The van der Waals surface area contributed by atoms with Crippen molar-refractivity contribution in [2.75, 3.05) is 25.4 Å². The standard InChI is InChI=1S/C16H23BrN2OS/c1-12-9-14(17)4-5-15(12)21-11-16(20)19-8-6-13-3-2-7-18-10-13/h4-5,9,13,18H,2-3,6-8,10-11H2,1H3,(H,19,20). The average molecular weight is 371 g/mol. The molecule has 2 rings (SSSR count). The van der Waals surface area contributed by atoms with Gasteiger partial charge in [-0.25, -0.2) is 0 Å². The van der Waals surface area contributed by atoms with Crippen LogP contribution in [0.5, 0.6) is 0 Å². The molecule has 2 N–H and O–H groups in total. The maximum atomic E-state index is 11.9. The van der Waals surface area contributed by atoms with Crippen molar-refractivity contribution in [3.05, 3.63) is 28.2 Å². The second kappa shape index (κ2) is 8.81. The third kappa shape index (κ3) is 6.01. The summed E-state index contributed by atoms with van der Waals surface area (Å²) in [6.45, 7) is 5.11. The minimum absolute atomic E-state index is 0.131. The minimum atomic E-state index is 0.131. The van der Waals surface area contributed by atoms with Crippen molar-refractivity contribution in [2.24, 2.45) is 5.92 Å². The molecule has 1 unspecified atom stereocenters. The molecule has 0 saturated carbocycles. The topological polar surface area (TPSA) is 41.1 Å². The summed E-state index contributed by atoms with van der Waals surface area (Å²) in [5.74, 6) is 1.34. The zero-order valence-electron chi connectivity index (χ0n) is 12.5. The van der Waals surface area contributed by atoms with E-state index in [-0.39, 0.29) is 5.91 Å². The van der Waals surface area contributed by atoms with Crippen molar-refractivity contribution in [1.29, 1.82) is 0 Å². The Hall–Kier alpha value is -0.520. The molecular formula is C16H23BrN2OS. The molecule has 3 nitrogen and oxygen atoms in total. The predicted molar refractivity (Wildman–Crippen MR) is 92.8 cm³/mol.